The zero-order valence-electron chi connectivity index (χ0n) is 9.84. The van der Waals surface area contributed by atoms with E-state index in [4.69, 9.17) is 10.8 Å². The van der Waals surface area contributed by atoms with Gasteiger partial charge in [0.2, 0.25) is 0 Å². The van der Waals surface area contributed by atoms with Crippen molar-refractivity contribution in [2.24, 2.45) is 5.73 Å². The second-order valence-corrected chi connectivity index (χ2v) is 4.62. The molecule has 0 spiro atoms. The highest BCUT2D eigenvalue weighted by molar-refractivity contribution is 5.26. The third-order valence-corrected chi connectivity index (χ3v) is 3.33. The number of nitrogens with two attached hydrogens (primary N) is 1. The summed E-state index contributed by atoms with van der Waals surface area (Å²) in [6.07, 6.45) is 7.27. The number of nitrogens with zero attached hydrogens (tertiary/aromatic N) is 2. The van der Waals surface area contributed by atoms with Crippen molar-refractivity contribution in [3.05, 3.63) is 17.7 Å². The third-order valence-electron chi connectivity index (χ3n) is 3.33. The maximum Gasteiger partial charge on any atom is 0.157 e. The van der Waals surface area contributed by atoms with Gasteiger partial charge in [-0.25, -0.2) is 9.97 Å². The monoisotopic (exact) mass is 237 g/mol. The number of aliphatic hydroxyl groups is 1. The van der Waals surface area contributed by atoms with E-state index in [1.165, 1.54) is 25.5 Å². The fraction of sp³-hybridized carbons (Fsp3) is 0.667. The van der Waals surface area contributed by atoms with Crippen LogP contribution in [0, 0.1) is 0 Å². The molecule has 0 aliphatic heterocycles. The van der Waals surface area contributed by atoms with E-state index >= 15 is 0 Å². The summed E-state index contributed by atoms with van der Waals surface area (Å²) in [5.41, 5.74) is 6.04. The molecule has 1 aliphatic rings. The number of aromatic hydroxyl groups is 1. The molecule has 1 unspecified atom stereocenters. The Hall–Kier alpha value is -1.20. The molecule has 1 fully saturated rings. The molecule has 0 saturated heterocycles. The van der Waals surface area contributed by atoms with Gasteiger partial charge >= 0.3 is 0 Å². The van der Waals surface area contributed by atoms with Crippen molar-refractivity contribution >= 4 is 0 Å². The van der Waals surface area contributed by atoms with Crippen LogP contribution in [0.5, 0.6) is 5.75 Å². The van der Waals surface area contributed by atoms with Gasteiger partial charge in [-0.05, 0) is 12.8 Å². The lowest BCUT2D eigenvalue weighted by Gasteiger charge is -2.21. The number of aliphatic hydroxyl groups excluding tert-OH is 1. The van der Waals surface area contributed by atoms with Crippen molar-refractivity contribution in [1.82, 2.24) is 9.97 Å². The largest absolute Gasteiger partial charge is 0.504 e. The average molecular weight is 237 g/mol. The van der Waals surface area contributed by atoms with Crippen LogP contribution in [-0.2, 0) is 0 Å². The molecule has 17 heavy (non-hydrogen) atoms. The Morgan fingerprint density at radius 3 is 2.71 bits per heavy atom. The van der Waals surface area contributed by atoms with E-state index in [2.05, 4.69) is 9.97 Å². The van der Waals surface area contributed by atoms with E-state index in [1.54, 1.807) is 0 Å². The van der Waals surface area contributed by atoms with Gasteiger partial charge < -0.3 is 15.9 Å². The maximum absolute atomic E-state index is 9.62. The minimum absolute atomic E-state index is 0.0360. The fourth-order valence-corrected chi connectivity index (χ4v) is 2.32. The Kier molecular flexibility index (Phi) is 3.91. The second kappa shape index (κ2) is 5.42. The Morgan fingerprint density at radius 1 is 1.35 bits per heavy atom. The summed E-state index contributed by atoms with van der Waals surface area (Å²) in [6.45, 7) is -0.228. The van der Waals surface area contributed by atoms with Crippen molar-refractivity contribution < 1.29 is 10.2 Å². The summed E-state index contributed by atoms with van der Waals surface area (Å²) in [7, 11) is 0. The number of rotatable bonds is 3. The van der Waals surface area contributed by atoms with Gasteiger partial charge in [0.15, 0.2) is 5.75 Å². The van der Waals surface area contributed by atoms with E-state index in [0.29, 0.717) is 11.6 Å². The molecule has 1 aliphatic carbocycles. The van der Waals surface area contributed by atoms with Gasteiger partial charge in [0.05, 0.1) is 18.8 Å². The van der Waals surface area contributed by atoms with Gasteiger partial charge in [-0.2, -0.15) is 0 Å². The van der Waals surface area contributed by atoms with Gasteiger partial charge in [-0.15, -0.1) is 0 Å². The molecule has 0 radical (unpaired) electrons. The Bertz CT molecular complexity index is 378. The lowest BCUT2D eigenvalue weighted by atomic mass is 9.88. The zero-order chi connectivity index (χ0) is 12.3. The van der Waals surface area contributed by atoms with Crippen molar-refractivity contribution in [3.8, 4) is 5.75 Å². The third kappa shape index (κ3) is 2.73. The van der Waals surface area contributed by atoms with E-state index in [0.717, 1.165) is 18.7 Å². The zero-order valence-corrected chi connectivity index (χ0v) is 9.84. The summed E-state index contributed by atoms with van der Waals surface area (Å²) in [6, 6.07) is -0.639. The van der Waals surface area contributed by atoms with Crippen LogP contribution >= 0.6 is 0 Å². The summed E-state index contributed by atoms with van der Waals surface area (Å²) < 4.78 is 0. The van der Waals surface area contributed by atoms with Crippen molar-refractivity contribution in [2.45, 2.75) is 44.1 Å². The highest BCUT2D eigenvalue weighted by atomic mass is 16.3. The summed E-state index contributed by atoms with van der Waals surface area (Å²) in [4.78, 5) is 8.50. The molecule has 5 heteroatoms. The van der Waals surface area contributed by atoms with Crippen LogP contribution in [0.2, 0.25) is 0 Å². The summed E-state index contributed by atoms with van der Waals surface area (Å²) >= 11 is 0. The van der Waals surface area contributed by atoms with Crippen molar-refractivity contribution in [1.29, 1.82) is 0 Å². The molecular weight excluding hydrogens is 218 g/mol. The Morgan fingerprint density at radius 2 is 2.06 bits per heavy atom. The van der Waals surface area contributed by atoms with Gasteiger partial charge in [0.25, 0.3) is 0 Å². The van der Waals surface area contributed by atoms with Crippen LogP contribution in [0.3, 0.4) is 0 Å². The topological polar surface area (TPSA) is 92.3 Å². The molecule has 1 saturated carbocycles. The first-order valence-electron chi connectivity index (χ1n) is 6.14. The molecule has 0 bridgehead atoms. The highest BCUT2D eigenvalue weighted by Crippen LogP contribution is 2.32. The fourth-order valence-electron chi connectivity index (χ4n) is 2.32. The first-order chi connectivity index (χ1) is 8.22. The Labute approximate surface area is 101 Å². The number of aromatic nitrogens is 2. The van der Waals surface area contributed by atoms with Crippen molar-refractivity contribution in [3.63, 3.8) is 0 Å². The summed E-state index contributed by atoms with van der Waals surface area (Å²) in [5.74, 6) is 1.08. The Balaban J connectivity index is 2.23. The van der Waals surface area contributed by atoms with Crippen LogP contribution < -0.4 is 5.73 Å². The molecule has 4 N–H and O–H groups in total. The van der Waals surface area contributed by atoms with Gasteiger partial charge in [0.1, 0.15) is 11.5 Å². The average Bonchev–Trinajstić information content (AvgIpc) is 2.39. The van der Waals surface area contributed by atoms with Gasteiger partial charge in [0, 0.05) is 5.92 Å². The molecule has 1 aromatic rings. The van der Waals surface area contributed by atoms with Crippen LogP contribution in [0.25, 0.3) is 0 Å². The van der Waals surface area contributed by atoms with Gasteiger partial charge in [-0.1, -0.05) is 19.3 Å². The molecule has 1 atom stereocenters. The first kappa shape index (κ1) is 12.3. The van der Waals surface area contributed by atoms with Gasteiger partial charge in [-0.3, -0.25) is 0 Å². The molecule has 5 nitrogen and oxygen atoms in total. The van der Waals surface area contributed by atoms with Crippen LogP contribution in [0.1, 0.15) is 55.6 Å². The predicted octanol–water partition coefficient (Wildman–Crippen LogP) is 1.22. The van der Waals surface area contributed by atoms with E-state index in [9.17, 15) is 5.11 Å². The molecule has 1 aromatic heterocycles. The first-order valence-corrected chi connectivity index (χ1v) is 6.14. The predicted molar refractivity (Wildman–Crippen MR) is 63.5 cm³/mol. The summed E-state index contributed by atoms with van der Waals surface area (Å²) in [5, 5.41) is 18.6. The van der Waals surface area contributed by atoms with E-state index < -0.39 is 6.04 Å². The van der Waals surface area contributed by atoms with Crippen LogP contribution in [0.4, 0.5) is 0 Å². The number of hydrogen-bond donors (Lipinski definition) is 3. The van der Waals surface area contributed by atoms with Crippen LogP contribution in [-0.4, -0.2) is 26.8 Å². The second-order valence-electron chi connectivity index (χ2n) is 4.62. The SMILES string of the molecule is NC(CO)c1nc(C2CCCCC2)ncc1O. The van der Waals surface area contributed by atoms with Crippen molar-refractivity contribution in [2.75, 3.05) is 6.61 Å². The quantitative estimate of drug-likeness (QED) is 0.735. The highest BCUT2D eigenvalue weighted by Gasteiger charge is 2.21. The van der Waals surface area contributed by atoms with E-state index in [1.807, 2.05) is 0 Å². The molecule has 0 aromatic carbocycles. The minimum Gasteiger partial charge on any atom is -0.504 e. The molecular formula is C12H19N3O2. The molecule has 94 valence electrons. The molecule has 0 amide bonds. The standard InChI is InChI=1S/C12H19N3O2/c13-9(7-16)11-10(17)6-14-12(15-11)8-4-2-1-3-5-8/h6,8-9,16-17H,1-5,7,13H2. The minimum atomic E-state index is -0.639. The molecule has 1 heterocycles. The number of hydrogen-bond acceptors (Lipinski definition) is 5. The smallest absolute Gasteiger partial charge is 0.157 e. The lowest BCUT2D eigenvalue weighted by molar-refractivity contribution is 0.262. The molecule has 2 rings (SSSR count). The normalized spacial score (nSPS) is 19.2. The maximum atomic E-state index is 9.62. The van der Waals surface area contributed by atoms with Crippen LogP contribution in [0.15, 0.2) is 6.20 Å². The van der Waals surface area contributed by atoms with E-state index in [-0.39, 0.29) is 12.4 Å². The lowest BCUT2D eigenvalue weighted by Crippen LogP contribution is -2.18.